The van der Waals surface area contributed by atoms with Gasteiger partial charge in [0.15, 0.2) is 6.61 Å². The van der Waals surface area contributed by atoms with Crippen LogP contribution in [0.15, 0.2) is 48.5 Å². The molecule has 174 valence electrons. The van der Waals surface area contributed by atoms with Gasteiger partial charge in [0.05, 0.1) is 5.69 Å². The summed E-state index contributed by atoms with van der Waals surface area (Å²) in [6.07, 6.45) is 3.88. The van der Waals surface area contributed by atoms with Gasteiger partial charge in [0.25, 0.3) is 11.8 Å². The number of halogens is 1. The molecule has 2 aromatic carbocycles. The molecule has 0 aromatic heterocycles. The zero-order valence-corrected chi connectivity index (χ0v) is 19.2. The third kappa shape index (κ3) is 5.66. The third-order valence-corrected chi connectivity index (χ3v) is 6.39. The second kappa shape index (κ2) is 10.7. The highest BCUT2D eigenvalue weighted by Crippen LogP contribution is 2.34. The fraction of sp³-hybridized carbons (Fsp3) is 0.400. The standard InChI is InChI=1S/C25H28ClN3O4/c26-19-9-10-22-21(16-19)29(24(31)17-33-22)15-12-23(30)28-14-5-4-8-20(28)11-13-27-25(32)18-6-2-1-3-7-18/h1-3,6-7,9-10,16,20H,4-5,8,11-15,17H2,(H,27,32)/t20-/m0/s1. The van der Waals surface area contributed by atoms with Gasteiger partial charge in [-0.05, 0) is 56.0 Å². The number of carbonyl (C=O) groups excluding carboxylic acids is 3. The Kier molecular flexibility index (Phi) is 7.50. The maximum atomic E-state index is 13.1. The van der Waals surface area contributed by atoms with Crippen molar-refractivity contribution in [3.8, 4) is 5.75 Å². The van der Waals surface area contributed by atoms with Gasteiger partial charge in [0.1, 0.15) is 5.75 Å². The Balaban J connectivity index is 1.32. The first-order valence-corrected chi connectivity index (χ1v) is 11.8. The van der Waals surface area contributed by atoms with E-state index in [4.69, 9.17) is 16.3 Å². The Morgan fingerprint density at radius 3 is 2.76 bits per heavy atom. The Morgan fingerprint density at radius 2 is 1.94 bits per heavy atom. The number of carbonyl (C=O) groups is 3. The van der Waals surface area contributed by atoms with Crippen molar-refractivity contribution in [2.75, 3.05) is 31.1 Å². The van der Waals surface area contributed by atoms with Crippen LogP contribution in [0.3, 0.4) is 0 Å². The Labute approximate surface area is 198 Å². The number of anilines is 1. The van der Waals surface area contributed by atoms with Gasteiger partial charge in [-0.1, -0.05) is 29.8 Å². The van der Waals surface area contributed by atoms with Gasteiger partial charge in [0.2, 0.25) is 5.91 Å². The molecule has 0 bridgehead atoms. The number of hydrogen-bond acceptors (Lipinski definition) is 4. The molecule has 4 rings (SSSR count). The fourth-order valence-electron chi connectivity index (χ4n) is 4.44. The van der Waals surface area contributed by atoms with E-state index in [1.165, 1.54) is 0 Å². The lowest BCUT2D eigenvalue weighted by atomic mass is 9.98. The normalized spacial score (nSPS) is 17.8. The molecule has 0 saturated carbocycles. The smallest absolute Gasteiger partial charge is 0.265 e. The molecular formula is C25H28ClN3O4. The Morgan fingerprint density at radius 1 is 1.12 bits per heavy atom. The highest BCUT2D eigenvalue weighted by Gasteiger charge is 2.30. The zero-order valence-electron chi connectivity index (χ0n) is 18.5. The molecule has 8 heteroatoms. The number of benzene rings is 2. The first-order chi connectivity index (χ1) is 16.0. The van der Waals surface area contributed by atoms with E-state index < -0.39 is 0 Å². The van der Waals surface area contributed by atoms with E-state index in [2.05, 4.69) is 5.32 Å². The molecular weight excluding hydrogens is 442 g/mol. The molecule has 7 nitrogen and oxygen atoms in total. The number of nitrogens with zero attached hydrogens (tertiary/aromatic N) is 2. The van der Waals surface area contributed by atoms with Gasteiger partial charge in [-0.2, -0.15) is 0 Å². The third-order valence-electron chi connectivity index (χ3n) is 6.16. The summed E-state index contributed by atoms with van der Waals surface area (Å²) in [5.41, 5.74) is 1.23. The molecule has 0 aliphatic carbocycles. The van der Waals surface area contributed by atoms with Crippen molar-refractivity contribution in [3.63, 3.8) is 0 Å². The molecule has 1 atom stereocenters. The number of fused-ring (bicyclic) bond motifs is 1. The molecule has 2 aromatic rings. The van der Waals surface area contributed by atoms with E-state index in [1.54, 1.807) is 35.2 Å². The second-order valence-corrected chi connectivity index (χ2v) is 8.78. The van der Waals surface area contributed by atoms with Crippen molar-refractivity contribution >= 4 is 35.0 Å². The highest BCUT2D eigenvalue weighted by atomic mass is 35.5. The number of hydrogen-bond donors (Lipinski definition) is 1. The van der Waals surface area contributed by atoms with Crippen molar-refractivity contribution in [3.05, 3.63) is 59.1 Å². The van der Waals surface area contributed by atoms with E-state index in [0.29, 0.717) is 41.5 Å². The van der Waals surface area contributed by atoms with Crippen LogP contribution in [0.2, 0.25) is 5.02 Å². The van der Waals surface area contributed by atoms with E-state index in [0.717, 1.165) is 19.3 Å². The van der Waals surface area contributed by atoms with Gasteiger partial charge in [0, 0.05) is 42.7 Å². The van der Waals surface area contributed by atoms with Crippen LogP contribution in [0, 0.1) is 0 Å². The minimum atomic E-state index is -0.184. The summed E-state index contributed by atoms with van der Waals surface area (Å²) in [5.74, 6) is 0.331. The lowest BCUT2D eigenvalue weighted by Crippen LogP contribution is -2.47. The summed E-state index contributed by atoms with van der Waals surface area (Å²) in [4.78, 5) is 41.3. The summed E-state index contributed by atoms with van der Waals surface area (Å²) < 4.78 is 5.48. The Hall–Kier alpha value is -3.06. The predicted molar refractivity (Wildman–Crippen MR) is 127 cm³/mol. The van der Waals surface area contributed by atoms with Crippen LogP contribution >= 0.6 is 11.6 Å². The first kappa shape index (κ1) is 23.1. The number of ether oxygens (including phenoxy) is 1. The SMILES string of the molecule is O=C(NCC[C@@H]1CCCCN1C(=O)CCN1C(=O)COc2ccc(Cl)cc21)c1ccccc1. The lowest BCUT2D eigenvalue weighted by molar-refractivity contribution is -0.134. The number of piperidine rings is 1. The van der Waals surface area contributed by atoms with Crippen molar-refractivity contribution < 1.29 is 19.1 Å². The van der Waals surface area contributed by atoms with E-state index in [9.17, 15) is 14.4 Å². The van der Waals surface area contributed by atoms with Crippen LogP contribution in [-0.2, 0) is 9.59 Å². The number of amides is 3. The number of nitrogens with one attached hydrogen (secondary N) is 1. The van der Waals surface area contributed by atoms with Crippen LogP contribution < -0.4 is 15.0 Å². The molecule has 1 saturated heterocycles. The molecule has 1 fully saturated rings. The molecule has 0 unspecified atom stereocenters. The Bertz CT molecular complexity index is 1010. The predicted octanol–water partition coefficient (Wildman–Crippen LogP) is 3.66. The molecule has 1 N–H and O–H groups in total. The first-order valence-electron chi connectivity index (χ1n) is 11.4. The van der Waals surface area contributed by atoms with Gasteiger partial charge in [-0.25, -0.2) is 0 Å². The quantitative estimate of drug-likeness (QED) is 0.671. The molecule has 3 amide bonds. The topological polar surface area (TPSA) is 79.0 Å². The molecule has 2 heterocycles. The van der Waals surface area contributed by atoms with E-state index in [1.807, 2.05) is 23.1 Å². The summed E-state index contributed by atoms with van der Waals surface area (Å²) in [6, 6.07) is 14.3. The van der Waals surface area contributed by atoms with Gasteiger partial charge in [-0.15, -0.1) is 0 Å². The number of likely N-dealkylation sites (tertiary alicyclic amines) is 1. The van der Waals surface area contributed by atoms with Crippen molar-refractivity contribution in [2.24, 2.45) is 0 Å². The fourth-order valence-corrected chi connectivity index (χ4v) is 4.61. The summed E-state index contributed by atoms with van der Waals surface area (Å²) in [5, 5.41) is 3.47. The molecule has 2 aliphatic rings. The van der Waals surface area contributed by atoms with Gasteiger partial charge in [-0.3, -0.25) is 14.4 Å². The van der Waals surface area contributed by atoms with E-state index >= 15 is 0 Å². The monoisotopic (exact) mass is 469 g/mol. The highest BCUT2D eigenvalue weighted by molar-refractivity contribution is 6.31. The van der Waals surface area contributed by atoms with Crippen LogP contribution in [-0.4, -0.2) is 54.9 Å². The summed E-state index contributed by atoms with van der Waals surface area (Å²) in [7, 11) is 0. The lowest BCUT2D eigenvalue weighted by Gasteiger charge is -2.37. The van der Waals surface area contributed by atoms with Gasteiger partial charge >= 0.3 is 0 Å². The number of rotatable bonds is 7. The molecule has 33 heavy (non-hydrogen) atoms. The summed E-state index contributed by atoms with van der Waals surface area (Å²) >= 11 is 6.10. The second-order valence-electron chi connectivity index (χ2n) is 8.34. The van der Waals surface area contributed by atoms with Crippen LogP contribution in [0.5, 0.6) is 5.75 Å². The van der Waals surface area contributed by atoms with Gasteiger partial charge < -0.3 is 19.9 Å². The summed E-state index contributed by atoms with van der Waals surface area (Å²) in [6.45, 7) is 1.45. The zero-order chi connectivity index (χ0) is 23.2. The van der Waals surface area contributed by atoms with Crippen molar-refractivity contribution in [1.82, 2.24) is 10.2 Å². The minimum Gasteiger partial charge on any atom is -0.482 e. The average molecular weight is 470 g/mol. The van der Waals surface area contributed by atoms with Crippen LogP contribution in [0.25, 0.3) is 0 Å². The van der Waals surface area contributed by atoms with Crippen LogP contribution in [0.4, 0.5) is 5.69 Å². The van der Waals surface area contributed by atoms with Crippen LogP contribution in [0.1, 0.15) is 42.5 Å². The largest absolute Gasteiger partial charge is 0.482 e. The molecule has 0 spiro atoms. The maximum absolute atomic E-state index is 13.1. The maximum Gasteiger partial charge on any atom is 0.265 e. The van der Waals surface area contributed by atoms with E-state index in [-0.39, 0.29) is 43.3 Å². The molecule has 2 aliphatic heterocycles. The van der Waals surface area contributed by atoms with Crippen molar-refractivity contribution in [1.29, 1.82) is 0 Å². The molecule has 0 radical (unpaired) electrons. The minimum absolute atomic E-state index is 0.0250. The average Bonchev–Trinajstić information content (AvgIpc) is 2.84. The van der Waals surface area contributed by atoms with Crippen molar-refractivity contribution in [2.45, 2.75) is 38.1 Å².